The maximum atomic E-state index is 13.2. The van der Waals surface area contributed by atoms with Crippen LogP contribution in [0.2, 0.25) is 0 Å². The van der Waals surface area contributed by atoms with Crippen molar-refractivity contribution in [2.24, 2.45) is 11.8 Å². The highest BCUT2D eigenvalue weighted by molar-refractivity contribution is 5.77. The first-order valence-electron chi connectivity index (χ1n) is 13.0. The first-order chi connectivity index (χ1) is 18.0. The highest BCUT2D eigenvalue weighted by Crippen LogP contribution is 2.61. The number of hydrogen-bond donors (Lipinski definition) is 6. The van der Waals surface area contributed by atoms with Crippen LogP contribution in [-0.2, 0) is 26.2 Å². The van der Waals surface area contributed by atoms with Crippen molar-refractivity contribution in [2.45, 2.75) is 74.2 Å². The van der Waals surface area contributed by atoms with Crippen LogP contribution in [0.3, 0.4) is 0 Å². The number of piperidine rings is 1. The standard InChI is InChI=1S/C27H36N2O9/c1-4-15-16-9-13-5-6-17(31)23-20(13)27(15,7-8-29(16)3)25(38-23)12(2)28-19(32)10-18-14(11-30)21(33)22(34)24(37-18)26(35)36/h4-6,12,14-16,18,21-22,24-25,30-31,33-34H,1,7-11H2,2-3H3,(H,28,32)(H,35,36). The van der Waals surface area contributed by atoms with Gasteiger partial charge in [0, 0.05) is 28.9 Å². The van der Waals surface area contributed by atoms with Crippen molar-refractivity contribution in [1.82, 2.24) is 10.2 Å². The van der Waals surface area contributed by atoms with Crippen molar-refractivity contribution in [3.8, 4) is 11.5 Å². The number of likely N-dealkylation sites (tertiary alicyclic amines) is 1. The van der Waals surface area contributed by atoms with Gasteiger partial charge in [-0.1, -0.05) is 12.1 Å². The Morgan fingerprint density at radius 1 is 1.32 bits per heavy atom. The molecule has 2 fully saturated rings. The molecule has 1 aromatic carbocycles. The first-order valence-corrected chi connectivity index (χ1v) is 13.0. The smallest absolute Gasteiger partial charge is 0.335 e. The quantitative estimate of drug-likeness (QED) is 0.253. The molecule has 1 amide bonds. The third-order valence-corrected chi connectivity index (χ3v) is 9.16. The molecule has 10 unspecified atom stereocenters. The Hall–Kier alpha value is -2.70. The zero-order chi connectivity index (χ0) is 27.5. The lowest BCUT2D eigenvalue weighted by molar-refractivity contribution is -0.217. The molecule has 0 radical (unpaired) electrons. The second-order valence-electron chi connectivity index (χ2n) is 11.1. The molecule has 5 rings (SSSR count). The number of nitrogens with zero attached hydrogens (tertiary/aromatic N) is 1. The van der Waals surface area contributed by atoms with Crippen LogP contribution in [0.5, 0.6) is 11.5 Å². The molecule has 0 saturated carbocycles. The van der Waals surface area contributed by atoms with Gasteiger partial charge in [-0.3, -0.25) is 4.79 Å². The van der Waals surface area contributed by atoms with Crippen LogP contribution in [0.25, 0.3) is 0 Å². The van der Waals surface area contributed by atoms with Crippen LogP contribution < -0.4 is 10.1 Å². The third kappa shape index (κ3) is 3.91. The van der Waals surface area contributed by atoms with Gasteiger partial charge in [0.05, 0.1) is 31.3 Å². The molecule has 6 N–H and O–H groups in total. The van der Waals surface area contributed by atoms with Gasteiger partial charge in [-0.2, -0.15) is 0 Å². The number of carbonyl (C=O) groups is 2. The molecule has 2 bridgehead atoms. The van der Waals surface area contributed by atoms with Gasteiger partial charge in [-0.05, 0) is 45.0 Å². The van der Waals surface area contributed by atoms with E-state index in [1.54, 1.807) is 6.07 Å². The Morgan fingerprint density at radius 3 is 2.71 bits per heavy atom. The SMILES string of the molecule is C=CC1C2Cc3ccc(O)c4c3C1(CCN2C)C(C(C)NC(=O)CC1OC(C(=O)O)C(O)C(O)C1CO)O4. The van der Waals surface area contributed by atoms with Gasteiger partial charge in [0.15, 0.2) is 17.6 Å². The highest BCUT2D eigenvalue weighted by atomic mass is 16.5. The molecule has 2 saturated heterocycles. The largest absolute Gasteiger partial charge is 0.504 e. The van der Waals surface area contributed by atoms with Crippen LogP contribution >= 0.6 is 0 Å². The topological polar surface area (TPSA) is 169 Å². The number of aliphatic carboxylic acids is 1. The summed E-state index contributed by atoms with van der Waals surface area (Å²) in [7, 11) is 2.09. The molecule has 0 aromatic heterocycles. The summed E-state index contributed by atoms with van der Waals surface area (Å²) >= 11 is 0. The predicted molar refractivity (Wildman–Crippen MR) is 134 cm³/mol. The number of nitrogens with one attached hydrogen (secondary N) is 1. The predicted octanol–water partition coefficient (Wildman–Crippen LogP) is -0.469. The number of phenolic OH excluding ortho intramolecular Hbond substituents is 1. The Bertz CT molecular complexity index is 1130. The zero-order valence-corrected chi connectivity index (χ0v) is 21.5. The van der Waals surface area contributed by atoms with Gasteiger partial charge in [0.2, 0.25) is 5.91 Å². The van der Waals surface area contributed by atoms with Crippen LogP contribution in [0.1, 0.15) is 30.9 Å². The molecule has 10 atom stereocenters. The lowest BCUT2D eigenvalue weighted by Gasteiger charge is -2.55. The number of rotatable bonds is 7. The molecule has 3 aliphatic heterocycles. The molecular weight excluding hydrogens is 496 g/mol. The van der Waals surface area contributed by atoms with Crippen LogP contribution in [0, 0.1) is 11.8 Å². The fraction of sp³-hybridized carbons (Fsp3) is 0.630. The van der Waals surface area contributed by atoms with E-state index >= 15 is 0 Å². The van der Waals surface area contributed by atoms with E-state index < -0.39 is 66.4 Å². The summed E-state index contributed by atoms with van der Waals surface area (Å²) in [5.41, 5.74) is 1.59. The van der Waals surface area contributed by atoms with Crippen molar-refractivity contribution in [2.75, 3.05) is 20.2 Å². The molecular formula is C27H36N2O9. The van der Waals surface area contributed by atoms with Gasteiger partial charge in [0.25, 0.3) is 0 Å². The number of aliphatic hydroxyl groups excluding tert-OH is 3. The number of carbonyl (C=O) groups excluding carboxylic acids is 1. The van der Waals surface area contributed by atoms with Crippen LogP contribution in [-0.4, -0.2) is 105 Å². The minimum Gasteiger partial charge on any atom is -0.504 e. The summed E-state index contributed by atoms with van der Waals surface area (Å²) < 4.78 is 11.9. The third-order valence-electron chi connectivity index (χ3n) is 9.16. The molecule has 38 heavy (non-hydrogen) atoms. The van der Waals surface area contributed by atoms with E-state index in [0.717, 1.165) is 30.5 Å². The van der Waals surface area contributed by atoms with Crippen molar-refractivity contribution in [3.63, 3.8) is 0 Å². The summed E-state index contributed by atoms with van der Waals surface area (Å²) in [6.07, 6.45) is -3.47. The number of phenols is 1. The second-order valence-corrected chi connectivity index (χ2v) is 11.1. The molecule has 1 aliphatic carbocycles. The van der Waals surface area contributed by atoms with Gasteiger partial charge < -0.3 is 45.2 Å². The Labute approximate surface area is 220 Å². The number of carboxylic acid groups (broad SMARTS) is 1. The summed E-state index contributed by atoms with van der Waals surface area (Å²) in [4.78, 5) is 27.0. The number of aromatic hydroxyl groups is 1. The fourth-order valence-corrected chi connectivity index (χ4v) is 7.37. The molecule has 4 aliphatic rings. The first kappa shape index (κ1) is 26.9. The number of amides is 1. The summed E-state index contributed by atoms with van der Waals surface area (Å²) in [5, 5.41) is 53.2. The number of ether oxygens (including phenoxy) is 2. The van der Waals surface area contributed by atoms with E-state index in [1.165, 1.54) is 0 Å². The summed E-state index contributed by atoms with van der Waals surface area (Å²) in [5.74, 6) is -2.47. The van der Waals surface area contributed by atoms with Gasteiger partial charge >= 0.3 is 5.97 Å². The van der Waals surface area contributed by atoms with Crippen molar-refractivity contribution in [3.05, 3.63) is 35.9 Å². The molecule has 3 heterocycles. The maximum absolute atomic E-state index is 13.2. The number of aliphatic hydroxyl groups is 3. The van der Waals surface area contributed by atoms with E-state index in [1.807, 2.05) is 19.1 Å². The fourth-order valence-electron chi connectivity index (χ4n) is 7.37. The van der Waals surface area contributed by atoms with E-state index in [2.05, 4.69) is 23.8 Å². The number of hydrogen-bond acceptors (Lipinski definition) is 9. The molecule has 208 valence electrons. The van der Waals surface area contributed by atoms with Gasteiger partial charge in [-0.15, -0.1) is 6.58 Å². The van der Waals surface area contributed by atoms with Crippen molar-refractivity contribution >= 4 is 11.9 Å². The average molecular weight is 533 g/mol. The lowest BCUT2D eigenvalue weighted by atomic mass is 9.55. The van der Waals surface area contributed by atoms with Crippen molar-refractivity contribution in [1.29, 1.82) is 0 Å². The Kier molecular flexibility index (Phi) is 6.93. The molecule has 11 nitrogen and oxygen atoms in total. The zero-order valence-electron chi connectivity index (χ0n) is 21.5. The maximum Gasteiger partial charge on any atom is 0.335 e. The van der Waals surface area contributed by atoms with Crippen molar-refractivity contribution < 1.29 is 44.6 Å². The summed E-state index contributed by atoms with van der Waals surface area (Å²) in [6, 6.07) is 3.26. The molecule has 1 spiro atoms. The number of carboxylic acids is 1. The summed E-state index contributed by atoms with van der Waals surface area (Å²) in [6.45, 7) is 6.18. The van der Waals surface area contributed by atoms with Crippen LogP contribution in [0.15, 0.2) is 24.8 Å². The number of likely N-dealkylation sites (N-methyl/N-ethyl adjacent to an activating group) is 1. The molecule has 1 aromatic rings. The normalized spacial score (nSPS) is 38.6. The van der Waals surface area contributed by atoms with E-state index in [4.69, 9.17) is 9.47 Å². The number of benzene rings is 1. The van der Waals surface area contributed by atoms with Gasteiger partial charge in [0.1, 0.15) is 12.2 Å². The lowest BCUT2D eigenvalue weighted by Crippen LogP contribution is -2.65. The van der Waals surface area contributed by atoms with E-state index in [9.17, 15) is 35.1 Å². The van der Waals surface area contributed by atoms with E-state index in [0.29, 0.717) is 5.75 Å². The minimum atomic E-state index is -1.73. The van der Waals surface area contributed by atoms with E-state index in [-0.39, 0.29) is 24.1 Å². The molecule has 11 heteroatoms. The second kappa shape index (κ2) is 9.80. The average Bonchev–Trinajstić information content (AvgIpc) is 3.22. The minimum absolute atomic E-state index is 0.0227. The Balaban J connectivity index is 1.40. The van der Waals surface area contributed by atoms with Gasteiger partial charge in [-0.25, -0.2) is 4.79 Å². The monoisotopic (exact) mass is 532 g/mol. The van der Waals surface area contributed by atoms with Crippen LogP contribution in [0.4, 0.5) is 0 Å². The number of fused-ring (bicyclic) bond motifs is 1. The highest BCUT2D eigenvalue weighted by Gasteiger charge is 2.62. The Morgan fingerprint density at radius 2 is 2.05 bits per heavy atom.